The van der Waals surface area contributed by atoms with Crippen LogP contribution in [0.4, 0.5) is 26.3 Å². The molecule has 1 aromatic rings. The molecule has 0 nitrogen and oxygen atoms in total. The van der Waals surface area contributed by atoms with Gasteiger partial charge in [-0.25, -0.2) is 0 Å². The second kappa shape index (κ2) is 5.14. The van der Waals surface area contributed by atoms with Crippen molar-refractivity contribution >= 4 is 12.6 Å². The highest BCUT2D eigenvalue weighted by Crippen LogP contribution is 2.38. The number of hydrogen-bond donors (Lipinski definition) is 1. The zero-order chi connectivity index (χ0) is 14.0. The third-order valence-electron chi connectivity index (χ3n) is 1.97. The van der Waals surface area contributed by atoms with E-state index in [1.165, 1.54) is 0 Å². The largest absolute Gasteiger partial charge is 0.417 e. The fourth-order valence-electron chi connectivity index (χ4n) is 1.29. The van der Waals surface area contributed by atoms with Gasteiger partial charge in [0.25, 0.3) is 0 Å². The summed E-state index contributed by atoms with van der Waals surface area (Å²) < 4.78 is 75.5. The van der Waals surface area contributed by atoms with Crippen LogP contribution in [-0.4, -0.2) is 5.75 Å². The number of rotatable bonds is 0. The molecule has 0 unspecified atom stereocenters. The SMILES string of the molecule is FC(F)(F)c1cccc(C(F)(F)F)c1C#CCS. The van der Waals surface area contributed by atoms with E-state index in [2.05, 4.69) is 18.5 Å². The quantitative estimate of drug-likeness (QED) is 0.415. The first kappa shape index (κ1) is 14.8. The summed E-state index contributed by atoms with van der Waals surface area (Å²) in [6, 6.07) is 1.84. The number of hydrogen-bond acceptors (Lipinski definition) is 1. The Hall–Kier alpha value is -1.29. The van der Waals surface area contributed by atoms with Gasteiger partial charge in [-0.15, -0.1) is 0 Å². The van der Waals surface area contributed by atoms with Gasteiger partial charge in [-0.05, 0) is 12.1 Å². The molecule has 0 saturated heterocycles. The summed E-state index contributed by atoms with van der Waals surface area (Å²) in [5, 5.41) is 0. The molecule has 7 heteroatoms. The Kier molecular flexibility index (Phi) is 4.22. The normalized spacial score (nSPS) is 11.9. The van der Waals surface area contributed by atoms with Crippen molar-refractivity contribution in [1.29, 1.82) is 0 Å². The molecule has 0 saturated carbocycles. The highest BCUT2D eigenvalue weighted by molar-refractivity contribution is 7.80. The number of benzene rings is 1. The highest BCUT2D eigenvalue weighted by atomic mass is 32.1. The van der Waals surface area contributed by atoms with Gasteiger partial charge in [0.05, 0.1) is 16.9 Å². The minimum absolute atomic E-state index is 0.135. The summed E-state index contributed by atoms with van der Waals surface area (Å²) in [5.41, 5.74) is -3.86. The Morgan fingerprint density at radius 2 is 1.39 bits per heavy atom. The Morgan fingerprint density at radius 3 is 1.72 bits per heavy atom. The van der Waals surface area contributed by atoms with Gasteiger partial charge in [-0.2, -0.15) is 39.0 Å². The summed E-state index contributed by atoms with van der Waals surface area (Å²) in [5.74, 6) is 3.85. The van der Waals surface area contributed by atoms with Crippen LogP contribution in [0.25, 0.3) is 0 Å². The highest BCUT2D eigenvalue weighted by Gasteiger charge is 2.40. The number of thiol groups is 1. The van der Waals surface area contributed by atoms with E-state index < -0.39 is 29.0 Å². The molecule has 1 rings (SSSR count). The Morgan fingerprint density at radius 1 is 0.944 bits per heavy atom. The first-order chi connectivity index (χ1) is 8.18. The van der Waals surface area contributed by atoms with Crippen LogP contribution in [0.15, 0.2) is 18.2 Å². The maximum Gasteiger partial charge on any atom is 0.417 e. The molecule has 0 fully saturated rings. The number of alkyl halides is 6. The fourth-order valence-corrected chi connectivity index (χ4v) is 1.37. The minimum atomic E-state index is -4.89. The molecule has 0 aliphatic carbocycles. The van der Waals surface area contributed by atoms with E-state index >= 15 is 0 Å². The summed E-state index contributed by atoms with van der Waals surface area (Å²) in [4.78, 5) is 0. The maximum atomic E-state index is 12.6. The van der Waals surface area contributed by atoms with Crippen molar-refractivity contribution in [1.82, 2.24) is 0 Å². The first-order valence-electron chi connectivity index (χ1n) is 4.55. The molecule has 0 amide bonds. The topological polar surface area (TPSA) is 0 Å². The van der Waals surface area contributed by atoms with Crippen molar-refractivity contribution in [2.45, 2.75) is 12.4 Å². The van der Waals surface area contributed by atoms with Crippen molar-refractivity contribution < 1.29 is 26.3 Å². The summed E-state index contributed by atoms with van der Waals surface area (Å²) >= 11 is 3.63. The summed E-state index contributed by atoms with van der Waals surface area (Å²) in [6.07, 6.45) is -9.77. The van der Waals surface area contributed by atoms with Crippen molar-refractivity contribution in [3.63, 3.8) is 0 Å². The molecule has 0 radical (unpaired) electrons. The standard InChI is InChI=1S/C11H6F6S/c12-10(13,14)8-4-1-5-9(11(15,16)17)7(8)3-2-6-18/h1,4-5,18H,6H2. The van der Waals surface area contributed by atoms with E-state index in [0.717, 1.165) is 0 Å². The van der Waals surface area contributed by atoms with Crippen LogP contribution < -0.4 is 0 Å². The van der Waals surface area contributed by atoms with Crippen molar-refractivity contribution in [3.8, 4) is 11.8 Å². The van der Waals surface area contributed by atoms with E-state index in [1.807, 2.05) is 5.92 Å². The molecular weight excluding hydrogens is 278 g/mol. The average molecular weight is 284 g/mol. The molecule has 0 bridgehead atoms. The Labute approximate surface area is 104 Å². The maximum absolute atomic E-state index is 12.6. The van der Waals surface area contributed by atoms with Gasteiger partial charge in [-0.1, -0.05) is 17.9 Å². The molecule has 98 valence electrons. The lowest BCUT2D eigenvalue weighted by molar-refractivity contribution is -0.143. The van der Waals surface area contributed by atoms with E-state index in [0.29, 0.717) is 18.2 Å². The van der Waals surface area contributed by atoms with Gasteiger partial charge in [0, 0.05) is 5.56 Å². The van der Waals surface area contributed by atoms with Crippen LogP contribution in [0.3, 0.4) is 0 Å². The van der Waals surface area contributed by atoms with Crippen LogP contribution in [-0.2, 0) is 12.4 Å². The molecule has 0 aromatic heterocycles. The van der Waals surface area contributed by atoms with Gasteiger partial charge in [0.2, 0.25) is 0 Å². The van der Waals surface area contributed by atoms with Crippen molar-refractivity contribution in [2.24, 2.45) is 0 Å². The summed E-state index contributed by atoms with van der Waals surface area (Å²) in [7, 11) is 0. The Balaban J connectivity index is 3.56. The van der Waals surface area contributed by atoms with Gasteiger partial charge < -0.3 is 0 Å². The van der Waals surface area contributed by atoms with E-state index in [9.17, 15) is 26.3 Å². The van der Waals surface area contributed by atoms with Gasteiger partial charge in [0.15, 0.2) is 0 Å². The molecule has 0 aliphatic heterocycles. The molecule has 18 heavy (non-hydrogen) atoms. The average Bonchev–Trinajstić information content (AvgIpc) is 2.23. The van der Waals surface area contributed by atoms with Crippen LogP contribution in [0, 0.1) is 11.8 Å². The predicted octanol–water partition coefficient (Wildman–Crippen LogP) is 4.01. The van der Waals surface area contributed by atoms with Crippen molar-refractivity contribution in [2.75, 3.05) is 5.75 Å². The van der Waals surface area contributed by atoms with Gasteiger partial charge in [0.1, 0.15) is 0 Å². The second-order valence-corrected chi connectivity index (χ2v) is 3.50. The monoisotopic (exact) mass is 284 g/mol. The van der Waals surface area contributed by atoms with E-state index in [4.69, 9.17) is 0 Å². The third-order valence-corrected chi connectivity index (χ3v) is 2.13. The first-order valence-corrected chi connectivity index (χ1v) is 5.18. The molecule has 0 N–H and O–H groups in total. The molecule has 0 spiro atoms. The Bertz CT molecular complexity index is 457. The lowest BCUT2D eigenvalue weighted by atomic mass is 10.0. The van der Waals surface area contributed by atoms with Crippen LogP contribution in [0.5, 0.6) is 0 Å². The molecule has 1 aromatic carbocycles. The smallest absolute Gasteiger partial charge is 0.166 e. The third kappa shape index (κ3) is 3.35. The van der Waals surface area contributed by atoms with Crippen LogP contribution >= 0.6 is 12.6 Å². The van der Waals surface area contributed by atoms with Crippen LogP contribution in [0.1, 0.15) is 16.7 Å². The zero-order valence-electron chi connectivity index (χ0n) is 8.65. The molecule has 0 atom stereocenters. The number of halogens is 6. The van der Waals surface area contributed by atoms with E-state index in [-0.39, 0.29) is 5.75 Å². The van der Waals surface area contributed by atoms with Crippen molar-refractivity contribution in [3.05, 3.63) is 34.9 Å². The second-order valence-electron chi connectivity index (χ2n) is 3.18. The fraction of sp³-hybridized carbons (Fsp3) is 0.273. The summed E-state index contributed by atoms with van der Waals surface area (Å²) in [6.45, 7) is 0. The molecular formula is C11H6F6S. The molecule has 0 aliphatic rings. The lowest BCUT2D eigenvalue weighted by Gasteiger charge is -2.14. The van der Waals surface area contributed by atoms with Gasteiger partial charge >= 0.3 is 12.4 Å². The van der Waals surface area contributed by atoms with Crippen LogP contribution in [0.2, 0.25) is 0 Å². The predicted molar refractivity (Wildman–Crippen MR) is 57.2 cm³/mol. The molecule has 0 heterocycles. The lowest BCUT2D eigenvalue weighted by Crippen LogP contribution is -2.14. The van der Waals surface area contributed by atoms with E-state index in [1.54, 1.807) is 0 Å². The van der Waals surface area contributed by atoms with Gasteiger partial charge in [-0.3, -0.25) is 0 Å². The minimum Gasteiger partial charge on any atom is -0.166 e. The zero-order valence-corrected chi connectivity index (χ0v) is 9.55.